The van der Waals surface area contributed by atoms with Crippen LogP contribution in [0.5, 0.6) is 0 Å². The molecule has 0 spiro atoms. The van der Waals surface area contributed by atoms with Crippen molar-refractivity contribution >= 4 is 11.8 Å². The van der Waals surface area contributed by atoms with Gasteiger partial charge >= 0.3 is 6.09 Å². The van der Waals surface area contributed by atoms with Gasteiger partial charge in [-0.2, -0.15) is 0 Å². The van der Waals surface area contributed by atoms with Gasteiger partial charge in [0.05, 0.1) is 0 Å². The van der Waals surface area contributed by atoms with Gasteiger partial charge in [-0.25, -0.2) is 4.79 Å². The fraction of sp³-hybridized carbons (Fsp3) is 0.667. The van der Waals surface area contributed by atoms with Crippen molar-refractivity contribution in [2.45, 2.75) is 58.4 Å². The summed E-state index contributed by atoms with van der Waals surface area (Å²) in [6.07, 6.45) is 3.39. The Balaban J connectivity index is 1.47. The summed E-state index contributed by atoms with van der Waals surface area (Å²) in [5.41, 5.74) is 2.15. The van der Waals surface area contributed by atoms with Gasteiger partial charge in [-0.05, 0) is 54.3 Å². The fourth-order valence-corrected chi connectivity index (χ4v) is 4.26. The normalized spacial score (nSPS) is 28.6. The van der Waals surface area contributed by atoms with Crippen LogP contribution in [0.25, 0.3) is 0 Å². The fourth-order valence-electron chi connectivity index (χ4n) is 4.26. The number of benzene rings is 1. The van der Waals surface area contributed by atoms with Crippen molar-refractivity contribution in [1.29, 1.82) is 0 Å². The monoisotopic (exact) mass is 344 g/mol. The quantitative estimate of drug-likeness (QED) is 0.864. The lowest BCUT2D eigenvalue weighted by molar-refractivity contribution is -0.0240. The maximum atomic E-state index is 12.1. The van der Waals surface area contributed by atoms with Gasteiger partial charge in [0.1, 0.15) is 6.61 Å². The van der Waals surface area contributed by atoms with Gasteiger partial charge in [0.25, 0.3) is 0 Å². The molecule has 3 heterocycles. The van der Waals surface area contributed by atoms with Crippen LogP contribution in [0.3, 0.4) is 0 Å². The lowest BCUT2D eigenvalue weighted by Crippen LogP contribution is -2.54. The Labute approximate surface area is 151 Å². The number of hydrogen-bond donors (Lipinski definition) is 1. The van der Waals surface area contributed by atoms with Crippen LogP contribution >= 0.6 is 0 Å². The van der Waals surface area contributed by atoms with E-state index in [4.69, 9.17) is 4.74 Å². The Morgan fingerprint density at radius 3 is 2.56 bits per heavy atom. The van der Waals surface area contributed by atoms with E-state index in [-0.39, 0.29) is 11.5 Å². The van der Waals surface area contributed by atoms with Crippen LogP contribution in [-0.4, -0.2) is 36.7 Å². The summed E-state index contributed by atoms with van der Waals surface area (Å²) in [7, 11) is 0. The lowest BCUT2D eigenvalue weighted by atomic mass is 9.75. The van der Waals surface area contributed by atoms with Crippen molar-refractivity contribution in [2.75, 3.05) is 25.0 Å². The second-order valence-electron chi connectivity index (χ2n) is 8.65. The molecule has 3 aliphatic rings. The molecule has 1 N–H and O–H groups in total. The Morgan fingerprint density at radius 1 is 1.28 bits per heavy atom. The predicted octanol–water partition coefficient (Wildman–Crippen LogP) is 4.65. The van der Waals surface area contributed by atoms with E-state index < -0.39 is 0 Å². The van der Waals surface area contributed by atoms with Gasteiger partial charge in [0, 0.05) is 18.3 Å². The molecule has 4 heteroatoms. The highest BCUT2D eigenvalue weighted by atomic mass is 16.5. The van der Waals surface area contributed by atoms with E-state index in [0.29, 0.717) is 12.6 Å². The SMILES string of the molecule is CC[C@H]1CN2CC[C@H]1C[C@@H]2COC(=O)Nc1ccc(C(C)(C)C)cc1. The molecule has 138 valence electrons. The number of anilines is 1. The maximum absolute atomic E-state index is 12.1. The zero-order chi connectivity index (χ0) is 18.0. The van der Waals surface area contributed by atoms with Crippen molar-refractivity contribution < 1.29 is 9.53 Å². The summed E-state index contributed by atoms with van der Waals surface area (Å²) in [4.78, 5) is 14.6. The molecule has 0 radical (unpaired) electrons. The molecule has 0 aliphatic carbocycles. The summed E-state index contributed by atoms with van der Waals surface area (Å²) in [5, 5.41) is 2.84. The predicted molar refractivity (Wildman–Crippen MR) is 102 cm³/mol. The number of fused-ring (bicyclic) bond motifs is 3. The molecule has 25 heavy (non-hydrogen) atoms. The molecule has 4 nitrogen and oxygen atoms in total. The average Bonchev–Trinajstić information content (AvgIpc) is 2.60. The molecule has 4 rings (SSSR count). The Hall–Kier alpha value is -1.55. The number of nitrogens with zero attached hydrogens (tertiary/aromatic N) is 1. The smallest absolute Gasteiger partial charge is 0.411 e. The highest BCUT2D eigenvalue weighted by Gasteiger charge is 2.39. The largest absolute Gasteiger partial charge is 0.448 e. The standard InChI is InChI=1S/C21H32N2O2/c1-5-15-13-23-11-10-16(15)12-19(23)14-25-20(24)22-18-8-6-17(7-9-18)21(2,3)4/h6-9,15-16,19H,5,10-14H2,1-4H3,(H,22,24)/t15-,16-,19+/m0/s1. The van der Waals surface area contributed by atoms with Crippen LogP contribution < -0.4 is 5.32 Å². The first-order valence-electron chi connectivity index (χ1n) is 9.65. The second-order valence-corrected chi connectivity index (χ2v) is 8.65. The van der Waals surface area contributed by atoms with Gasteiger partial charge in [0.2, 0.25) is 0 Å². The topological polar surface area (TPSA) is 41.6 Å². The first kappa shape index (κ1) is 18.2. The number of hydrogen-bond acceptors (Lipinski definition) is 3. The molecular weight excluding hydrogens is 312 g/mol. The first-order valence-corrected chi connectivity index (χ1v) is 9.65. The summed E-state index contributed by atoms with van der Waals surface area (Å²) in [6.45, 7) is 11.7. The van der Waals surface area contributed by atoms with E-state index >= 15 is 0 Å². The van der Waals surface area contributed by atoms with Crippen molar-refractivity contribution in [3.05, 3.63) is 29.8 Å². The van der Waals surface area contributed by atoms with Crippen LogP contribution in [0, 0.1) is 11.8 Å². The van der Waals surface area contributed by atoms with Gasteiger partial charge in [0.15, 0.2) is 0 Å². The minimum absolute atomic E-state index is 0.115. The van der Waals surface area contributed by atoms with E-state index in [1.54, 1.807) is 0 Å². The number of carbonyl (C=O) groups excluding carboxylic acids is 1. The van der Waals surface area contributed by atoms with Crippen LogP contribution in [0.1, 0.15) is 52.5 Å². The molecule has 3 saturated heterocycles. The van der Waals surface area contributed by atoms with Crippen molar-refractivity contribution in [3.63, 3.8) is 0 Å². The van der Waals surface area contributed by atoms with E-state index in [1.807, 2.05) is 12.1 Å². The molecule has 4 atom stereocenters. The third-order valence-electron chi connectivity index (χ3n) is 5.94. The van der Waals surface area contributed by atoms with E-state index in [1.165, 1.54) is 31.4 Å². The van der Waals surface area contributed by atoms with Gasteiger partial charge in [-0.15, -0.1) is 0 Å². The van der Waals surface area contributed by atoms with Crippen molar-refractivity contribution in [2.24, 2.45) is 11.8 Å². The molecule has 2 bridgehead atoms. The van der Waals surface area contributed by atoms with Crippen LogP contribution in [-0.2, 0) is 10.2 Å². The number of nitrogens with one attached hydrogen (secondary N) is 1. The number of rotatable bonds is 4. The van der Waals surface area contributed by atoms with E-state index in [0.717, 1.165) is 24.1 Å². The van der Waals surface area contributed by atoms with E-state index in [9.17, 15) is 4.79 Å². The zero-order valence-corrected chi connectivity index (χ0v) is 16.0. The zero-order valence-electron chi connectivity index (χ0n) is 16.0. The average molecular weight is 344 g/mol. The summed E-state index contributed by atoms with van der Waals surface area (Å²) in [5.74, 6) is 1.65. The lowest BCUT2D eigenvalue weighted by Gasteiger charge is -2.49. The molecule has 1 unspecified atom stereocenters. The summed E-state index contributed by atoms with van der Waals surface area (Å²) < 4.78 is 5.51. The van der Waals surface area contributed by atoms with Crippen LogP contribution in [0.4, 0.5) is 10.5 Å². The molecule has 0 aromatic heterocycles. The van der Waals surface area contributed by atoms with Gasteiger partial charge in [-0.1, -0.05) is 46.2 Å². The molecule has 1 aromatic rings. The summed E-state index contributed by atoms with van der Waals surface area (Å²) >= 11 is 0. The first-order chi connectivity index (χ1) is 11.9. The Bertz CT molecular complexity index is 591. The number of amides is 1. The molecule has 0 saturated carbocycles. The van der Waals surface area contributed by atoms with E-state index in [2.05, 4.69) is 50.0 Å². The number of piperidine rings is 3. The van der Waals surface area contributed by atoms with Gasteiger partial charge in [-0.3, -0.25) is 10.2 Å². The Kier molecular flexibility index (Phi) is 5.38. The van der Waals surface area contributed by atoms with Crippen molar-refractivity contribution in [1.82, 2.24) is 4.90 Å². The van der Waals surface area contributed by atoms with Crippen molar-refractivity contribution in [3.8, 4) is 0 Å². The molecule has 1 amide bonds. The molecular formula is C21H32N2O2. The highest BCUT2D eigenvalue weighted by molar-refractivity contribution is 5.84. The van der Waals surface area contributed by atoms with Crippen LogP contribution in [0.2, 0.25) is 0 Å². The highest BCUT2D eigenvalue weighted by Crippen LogP contribution is 2.37. The Morgan fingerprint density at radius 2 is 2.00 bits per heavy atom. The maximum Gasteiger partial charge on any atom is 0.411 e. The molecule has 3 aliphatic heterocycles. The number of ether oxygens (including phenoxy) is 1. The molecule has 1 aromatic carbocycles. The number of carbonyl (C=O) groups is 1. The third-order valence-corrected chi connectivity index (χ3v) is 5.94. The minimum Gasteiger partial charge on any atom is -0.448 e. The minimum atomic E-state index is -0.349. The molecule has 3 fully saturated rings. The van der Waals surface area contributed by atoms with Crippen LogP contribution in [0.15, 0.2) is 24.3 Å². The summed E-state index contributed by atoms with van der Waals surface area (Å²) in [6, 6.07) is 8.41. The second kappa shape index (κ2) is 7.36. The third kappa shape index (κ3) is 4.35. The van der Waals surface area contributed by atoms with Gasteiger partial charge < -0.3 is 4.74 Å².